The second kappa shape index (κ2) is 4.70. The van der Waals surface area contributed by atoms with E-state index >= 15 is 0 Å². The first-order valence-corrected chi connectivity index (χ1v) is 6.75. The van der Waals surface area contributed by atoms with Crippen molar-refractivity contribution in [2.75, 3.05) is 11.1 Å². The molecule has 0 saturated carbocycles. The number of hydrogen-bond acceptors (Lipinski definition) is 3. The van der Waals surface area contributed by atoms with Crippen LogP contribution in [-0.2, 0) is 6.54 Å². The van der Waals surface area contributed by atoms with E-state index in [4.69, 9.17) is 5.73 Å². The maximum absolute atomic E-state index is 5.76. The van der Waals surface area contributed by atoms with Gasteiger partial charge in [0.1, 0.15) is 0 Å². The number of nitrogens with one attached hydrogen (secondary N) is 1. The molecular weight excluding hydrogens is 240 g/mol. The highest BCUT2D eigenvalue weighted by atomic mass is 32.1. The first-order valence-electron chi connectivity index (χ1n) is 5.87. The zero-order chi connectivity index (χ0) is 12.4. The summed E-state index contributed by atoms with van der Waals surface area (Å²) in [5, 5.41) is 6.95. The standard InChI is InChI=1S/C15H14N2S/c16-12-4-3-5-13(8-12)17-9-11-10-18-15-7-2-1-6-14(11)15/h1-8,10,17H,9,16H2. The highest BCUT2D eigenvalue weighted by Gasteiger charge is 2.02. The molecule has 0 saturated heterocycles. The van der Waals surface area contributed by atoms with Crippen molar-refractivity contribution in [2.24, 2.45) is 0 Å². The van der Waals surface area contributed by atoms with E-state index in [0.29, 0.717) is 0 Å². The van der Waals surface area contributed by atoms with Crippen molar-refractivity contribution in [1.82, 2.24) is 0 Å². The van der Waals surface area contributed by atoms with Crippen LogP contribution < -0.4 is 11.1 Å². The van der Waals surface area contributed by atoms with E-state index in [1.807, 2.05) is 24.3 Å². The molecule has 0 spiro atoms. The van der Waals surface area contributed by atoms with Gasteiger partial charge in [0.05, 0.1) is 0 Å². The van der Waals surface area contributed by atoms with Gasteiger partial charge in [-0.25, -0.2) is 0 Å². The van der Waals surface area contributed by atoms with E-state index in [-0.39, 0.29) is 0 Å². The molecule has 0 amide bonds. The highest BCUT2D eigenvalue weighted by Crippen LogP contribution is 2.26. The first-order chi connectivity index (χ1) is 8.83. The van der Waals surface area contributed by atoms with E-state index < -0.39 is 0 Å². The summed E-state index contributed by atoms with van der Waals surface area (Å²) in [4.78, 5) is 0. The average Bonchev–Trinajstić information content (AvgIpc) is 2.80. The Kier molecular flexibility index (Phi) is 2.90. The summed E-state index contributed by atoms with van der Waals surface area (Å²) in [6.07, 6.45) is 0. The minimum absolute atomic E-state index is 0.787. The number of thiophene rings is 1. The van der Waals surface area contributed by atoms with Crippen LogP contribution in [0.25, 0.3) is 10.1 Å². The summed E-state index contributed by atoms with van der Waals surface area (Å²) < 4.78 is 1.34. The van der Waals surface area contributed by atoms with Gasteiger partial charge in [-0.1, -0.05) is 24.3 Å². The van der Waals surface area contributed by atoms with Crippen molar-refractivity contribution in [1.29, 1.82) is 0 Å². The SMILES string of the molecule is Nc1cccc(NCc2csc3ccccc23)c1. The van der Waals surface area contributed by atoms with Gasteiger partial charge >= 0.3 is 0 Å². The topological polar surface area (TPSA) is 38.0 Å². The van der Waals surface area contributed by atoms with Crippen molar-refractivity contribution >= 4 is 32.8 Å². The number of fused-ring (bicyclic) bond motifs is 1. The molecule has 0 unspecified atom stereocenters. The Morgan fingerprint density at radius 3 is 2.83 bits per heavy atom. The van der Waals surface area contributed by atoms with E-state index in [9.17, 15) is 0 Å². The van der Waals surface area contributed by atoms with E-state index in [0.717, 1.165) is 17.9 Å². The van der Waals surface area contributed by atoms with Crippen LogP contribution in [0, 0.1) is 0 Å². The molecule has 3 N–H and O–H groups in total. The van der Waals surface area contributed by atoms with Gasteiger partial charge < -0.3 is 11.1 Å². The molecule has 0 bridgehead atoms. The largest absolute Gasteiger partial charge is 0.399 e. The van der Waals surface area contributed by atoms with Crippen LogP contribution in [0.5, 0.6) is 0 Å². The molecule has 3 rings (SSSR count). The minimum atomic E-state index is 0.787. The lowest BCUT2D eigenvalue weighted by Gasteiger charge is -2.06. The van der Waals surface area contributed by atoms with E-state index in [1.165, 1.54) is 15.6 Å². The van der Waals surface area contributed by atoms with Crippen LogP contribution >= 0.6 is 11.3 Å². The van der Waals surface area contributed by atoms with E-state index in [1.54, 1.807) is 11.3 Å². The molecule has 0 aliphatic rings. The maximum Gasteiger partial charge on any atom is 0.0415 e. The molecule has 1 heterocycles. The summed E-state index contributed by atoms with van der Waals surface area (Å²) in [6, 6.07) is 16.3. The molecule has 3 heteroatoms. The molecular formula is C15H14N2S. The van der Waals surface area contributed by atoms with Crippen molar-refractivity contribution < 1.29 is 0 Å². The normalized spacial score (nSPS) is 10.7. The number of anilines is 2. The van der Waals surface area contributed by atoms with Crippen molar-refractivity contribution in [3.8, 4) is 0 Å². The average molecular weight is 254 g/mol. The van der Waals surface area contributed by atoms with Gasteiger partial charge in [0.2, 0.25) is 0 Å². The third-order valence-electron chi connectivity index (χ3n) is 2.93. The number of benzene rings is 2. The van der Waals surface area contributed by atoms with Gasteiger partial charge in [-0.3, -0.25) is 0 Å². The van der Waals surface area contributed by atoms with E-state index in [2.05, 4.69) is 35.0 Å². The Morgan fingerprint density at radius 1 is 1.06 bits per heavy atom. The minimum Gasteiger partial charge on any atom is -0.399 e. The molecule has 0 atom stereocenters. The van der Waals surface area contributed by atoms with Gasteiger partial charge in [-0.05, 0) is 40.6 Å². The van der Waals surface area contributed by atoms with Crippen LogP contribution in [0.1, 0.15) is 5.56 Å². The fraction of sp³-hybridized carbons (Fsp3) is 0.0667. The Hall–Kier alpha value is -2.00. The lowest BCUT2D eigenvalue weighted by atomic mass is 10.2. The molecule has 18 heavy (non-hydrogen) atoms. The number of hydrogen-bond donors (Lipinski definition) is 2. The molecule has 0 aliphatic heterocycles. The molecule has 0 fully saturated rings. The molecule has 90 valence electrons. The molecule has 1 aromatic heterocycles. The third-order valence-corrected chi connectivity index (χ3v) is 3.94. The van der Waals surface area contributed by atoms with Gasteiger partial charge in [-0.15, -0.1) is 11.3 Å². The van der Waals surface area contributed by atoms with Crippen molar-refractivity contribution in [2.45, 2.75) is 6.54 Å². The quantitative estimate of drug-likeness (QED) is 0.691. The fourth-order valence-electron chi connectivity index (χ4n) is 2.02. The highest BCUT2D eigenvalue weighted by molar-refractivity contribution is 7.17. The van der Waals surface area contributed by atoms with Crippen LogP contribution in [-0.4, -0.2) is 0 Å². The Bertz CT molecular complexity index is 673. The van der Waals surface area contributed by atoms with Crippen LogP contribution in [0.3, 0.4) is 0 Å². The first kappa shape index (κ1) is 11.1. The maximum atomic E-state index is 5.76. The van der Waals surface area contributed by atoms with Gasteiger partial charge in [-0.2, -0.15) is 0 Å². The summed E-state index contributed by atoms with van der Waals surface area (Å²) in [6.45, 7) is 0.827. The van der Waals surface area contributed by atoms with Gasteiger partial charge in [0.15, 0.2) is 0 Å². The number of rotatable bonds is 3. The van der Waals surface area contributed by atoms with Crippen LogP contribution in [0.2, 0.25) is 0 Å². The van der Waals surface area contributed by atoms with Crippen molar-refractivity contribution in [3.63, 3.8) is 0 Å². The van der Waals surface area contributed by atoms with Crippen LogP contribution in [0.15, 0.2) is 53.9 Å². The summed E-state index contributed by atoms with van der Waals surface area (Å²) >= 11 is 1.79. The molecule has 0 aliphatic carbocycles. The summed E-state index contributed by atoms with van der Waals surface area (Å²) in [5.41, 5.74) is 8.94. The molecule has 0 radical (unpaired) electrons. The van der Waals surface area contributed by atoms with Crippen molar-refractivity contribution in [3.05, 3.63) is 59.5 Å². The zero-order valence-corrected chi connectivity index (χ0v) is 10.7. The fourth-order valence-corrected chi connectivity index (χ4v) is 2.98. The Labute approximate surface area is 110 Å². The van der Waals surface area contributed by atoms with Gasteiger partial charge in [0.25, 0.3) is 0 Å². The predicted octanol–water partition coefficient (Wildman–Crippen LogP) is 4.10. The summed E-state index contributed by atoms with van der Waals surface area (Å²) in [7, 11) is 0. The zero-order valence-electron chi connectivity index (χ0n) is 9.89. The van der Waals surface area contributed by atoms with Gasteiger partial charge in [0, 0.05) is 22.6 Å². The summed E-state index contributed by atoms with van der Waals surface area (Å²) in [5.74, 6) is 0. The molecule has 2 nitrogen and oxygen atoms in total. The Balaban J connectivity index is 1.81. The van der Waals surface area contributed by atoms with Crippen LogP contribution in [0.4, 0.5) is 11.4 Å². The number of nitrogen functional groups attached to an aromatic ring is 1. The smallest absolute Gasteiger partial charge is 0.0415 e. The second-order valence-electron chi connectivity index (χ2n) is 4.24. The second-order valence-corrected chi connectivity index (χ2v) is 5.15. The lowest BCUT2D eigenvalue weighted by molar-refractivity contribution is 1.18. The lowest BCUT2D eigenvalue weighted by Crippen LogP contribution is -1.99. The number of nitrogens with two attached hydrogens (primary N) is 1. The Morgan fingerprint density at radius 2 is 1.94 bits per heavy atom. The predicted molar refractivity (Wildman–Crippen MR) is 80.0 cm³/mol. The third kappa shape index (κ3) is 2.17. The molecule has 2 aromatic carbocycles. The molecule has 3 aromatic rings. The monoisotopic (exact) mass is 254 g/mol.